The zero-order valence-electron chi connectivity index (χ0n) is 18.1. The molecule has 1 fully saturated rings. The van der Waals surface area contributed by atoms with Crippen LogP contribution in [0.3, 0.4) is 0 Å². The van der Waals surface area contributed by atoms with E-state index in [1.807, 2.05) is 30.3 Å². The van der Waals surface area contributed by atoms with E-state index >= 15 is 0 Å². The SMILES string of the molecule is O=C(NC1CC=C(C(=O)NC[C@H]2C[C@H]2C(=O)O)C1)OCC1c2ccccc2-c2ccccc21. The third-order valence-corrected chi connectivity index (χ3v) is 6.84. The van der Waals surface area contributed by atoms with Crippen LogP contribution in [0.25, 0.3) is 11.1 Å². The Labute approximate surface area is 191 Å². The number of amides is 2. The monoisotopic (exact) mass is 446 g/mol. The summed E-state index contributed by atoms with van der Waals surface area (Å²) < 4.78 is 5.59. The molecule has 2 aromatic carbocycles. The Morgan fingerprint density at radius 3 is 2.30 bits per heavy atom. The maximum atomic E-state index is 12.5. The maximum absolute atomic E-state index is 12.5. The van der Waals surface area contributed by atoms with Crippen molar-refractivity contribution < 1.29 is 24.2 Å². The highest BCUT2D eigenvalue weighted by Crippen LogP contribution is 2.44. The summed E-state index contributed by atoms with van der Waals surface area (Å²) in [6.07, 6.45) is 2.95. The van der Waals surface area contributed by atoms with Crippen molar-refractivity contribution in [3.05, 3.63) is 71.3 Å². The van der Waals surface area contributed by atoms with Crippen LogP contribution in [0.15, 0.2) is 60.2 Å². The first-order chi connectivity index (χ1) is 16.0. The van der Waals surface area contributed by atoms with Crippen LogP contribution in [0.1, 0.15) is 36.3 Å². The molecule has 0 spiro atoms. The second-order valence-corrected chi connectivity index (χ2v) is 8.99. The first-order valence-electron chi connectivity index (χ1n) is 11.3. The van der Waals surface area contributed by atoms with Gasteiger partial charge in [-0.25, -0.2) is 4.79 Å². The molecule has 170 valence electrons. The average molecular weight is 447 g/mol. The van der Waals surface area contributed by atoms with E-state index in [1.54, 1.807) is 0 Å². The number of carbonyl (C=O) groups is 3. The Morgan fingerprint density at radius 2 is 1.67 bits per heavy atom. The molecule has 5 rings (SSSR count). The Hall–Kier alpha value is -3.61. The number of carboxylic acid groups (broad SMARTS) is 1. The fourth-order valence-corrected chi connectivity index (χ4v) is 4.93. The molecule has 3 aliphatic carbocycles. The summed E-state index contributed by atoms with van der Waals surface area (Å²) in [6.45, 7) is 0.622. The molecule has 3 aliphatic rings. The molecule has 0 saturated heterocycles. The lowest BCUT2D eigenvalue weighted by molar-refractivity contribution is -0.139. The van der Waals surface area contributed by atoms with Crippen LogP contribution in [0.2, 0.25) is 0 Å². The normalized spacial score (nSPS) is 22.7. The summed E-state index contributed by atoms with van der Waals surface area (Å²) in [6, 6.07) is 16.2. The molecule has 0 radical (unpaired) electrons. The molecule has 2 aromatic rings. The molecule has 0 aliphatic heterocycles. The van der Waals surface area contributed by atoms with Crippen molar-refractivity contribution in [2.75, 3.05) is 13.2 Å². The van der Waals surface area contributed by atoms with Crippen molar-refractivity contribution in [2.24, 2.45) is 11.8 Å². The van der Waals surface area contributed by atoms with Crippen LogP contribution in [0.4, 0.5) is 4.79 Å². The fourth-order valence-electron chi connectivity index (χ4n) is 4.93. The third-order valence-electron chi connectivity index (χ3n) is 6.84. The summed E-state index contributed by atoms with van der Waals surface area (Å²) in [5.74, 6) is -1.32. The topological polar surface area (TPSA) is 105 Å². The molecular formula is C26H26N2O5. The Kier molecular flexibility index (Phi) is 5.62. The minimum atomic E-state index is -0.804. The number of alkyl carbamates (subject to hydrolysis) is 1. The predicted octanol–water partition coefficient (Wildman–Crippen LogP) is 3.45. The minimum Gasteiger partial charge on any atom is -0.481 e. The van der Waals surface area contributed by atoms with Crippen molar-refractivity contribution in [3.63, 3.8) is 0 Å². The molecule has 3 atom stereocenters. The van der Waals surface area contributed by atoms with Gasteiger partial charge in [0.1, 0.15) is 6.61 Å². The van der Waals surface area contributed by atoms with Gasteiger partial charge in [-0.15, -0.1) is 0 Å². The summed E-state index contributed by atoms with van der Waals surface area (Å²) in [7, 11) is 0. The van der Waals surface area contributed by atoms with E-state index in [2.05, 4.69) is 34.9 Å². The Balaban J connectivity index is 1.10. The van der Waals surface area contributed by atoms with Gasteiger partial charge in [-0.3, -0.25) is 9.59 Å². The molecule has 1 saturated carbocycles. The van der Waals surface area contributed by atoms with Gasteiger partial charge < -0.3 is 20.5 Å². The van der Waals surface area contributed by atoms with Crippen LogP contribution in [0, 0.1) is 11.8 Å². The molecule has 7 nitrogen and oxygen atoms in total. The van der Waals surface area contributed by atoms with E-state index in [1.165, 1.54) is 11.1 Å². The summed E-state index contributed by atoms with van der Waals surface area (Å²) in [5, 5.41) is 14.6. The minimum absolute atomic E-state index is 0.00300. The van der Waals surface area contributed by atoms with E-state index in [-0.39, 0.29) is 36.3 Å². The van der Waals surface area contributed by atoms with Gasteiger partial charge in [0, 0.05) is 24.1 Å². The van der Waals surface area contributed by atoms with Gasteiger partial charge in [-0.05, 0) is 47.4 Å². The molecule has 0 bridgehead atoms. The van der Waals surface area contributed by atoms with Crippen LogP contribution in [0.5, 0.6) is 0 Å². The van der Waals surface area contributed by atoms with Crippen molar-refractivity contribution in [1.82, 2.24) is 10.6 Å². The van der Waals surface area contributed by atoms with Crippen molar-refractivity contribution in [2.45, 2.75) is 31.2 Å². The molecule has 7 heteroatoms. The molecular weight excluding hydrogens is 420 g/mol. The highest BCUT2D eigenvalue weighted by Gasteiger charge is 2.43. The lowest BCUT2D eigenvalue weighted by Gasteiger charge is -2.17. The summed E-state index contributed by atoms with van der Waals surface area (Å²) in [5.41, 5.74) is 5.30. The lowest BCUT2D eigenvalue weighted by Crippen LogP contribution is -2.35. The van der Waals surface area contributed by atoms with Gasteiger partial charge in [0.25, 0.3) is 0 Å². The number of nitrogens with one attached hydrogen (secondary N) is 2. The zero-order valence-corrected chi connectivity index (χ0v) is 18.1. The number of carboxylic acids is 1. The van der Waals surface area contributed by atoms with E-state index in [0.29, 0.717) is 31.4 Å². The number of hydrogen-bond acceptors (Lipinski definition) is 4. The number of rotatable bonds is 7. The van der Waals surface area contributed by atoms with Gasteiger partial charge in [0.15, 0.2) is 0 Å². The maximum Gasteiger partial charge on any atom is 0.407 e. The highest BCUT2D eigenvalue weighted by atomic mass is 16.5. The van der Waals surface area contributed by atoms with Crippen molar-refractivity contribution in [3.8, 4) is 11.1 Å². The summed E-state index contributed by atoms with van der Waals surface area (Å²) in [4.78, 5) is 35.7. The fraction of sp³-hybridized carbons (Fsp3) is 0.346. The third kappa shape index (κ3) is 4.35. The second kappa shape index (κ2) is 8.73. The first kappa shape index (κ1) is 21.2. The largest absolute Gasteiger partial charge is 0.481 e. The number of fused-ring (bicyclic) bond motifs is 3. The van der Waals surface area contributed by atoms with E-state index in [0.717, 1.165) is 11.1 Å². The molecule has 3 N–H and O–H groups in total. The number of aliphatic carboxylic acids is 1. The van der Waals surface area contributed by atoms with Crippen LogP contribution in [-0.4, -0.2) is 42.3 Å². The molecule has 33 heavy (non-hydrogen) atoms. The Bertz CT molecular complexity index is 1100. The van der Waals surface area contributed by atoms with Crippen LogP contribution >= 0.6 is 0 Å². The van der Waals surface area contributed by atoms with E-state index in [9.17, 15) is 14.4 Å². The van der Waals surface area contributed by atoms with Crippen LogP contribution < -0.4 is 10.6 Å². The van der Waals surface area contributed by atoms with Gasteiger partial charge in [0.2, 0.25) is 5.91 Å². The summed E-state index contributed by atoms with van der Waals surface area (Å²) >= 11 is 0. The lowest BCUT2D eigenvalue weighted by atomic mass is 9.98. The molecule has 2 amide bonds. The molecule has 0 aromatic heterocycles. The number of ether oxygens (including phenoxy) is 1. The van der Waals surface area contributed by atoms with Crippen molar-refractivity contribution >= 4 is 18.0 Å². The number of hydrogen-bond donors (Lipinski definition) is 3. The van der Waals surface area contributed by atoms with Gasteiger partial charge in [0.05, 0.1) is 5.92 Å². The van der Waals surface area contributed by atoms with E-state index < -0.39 is 12.1 Å². The van der Waals surface area contributed by atoms with Gasteiger partial charge in [-0.1, -0.05) is 54.6 Å². The standard InChI is InChI=1S/C26H26N2O5/c29-24(27-13-16-12-22(16)25(30)31)15-9-10-17(11-15)28-26(32)33-14-23-20-7-3-1-5-18(20)19-6-2-4-8-21(19)23/h1-9,16-17,22-23H,10-14H2,(H,27,29)(H,28,32)(H,30,31)/t16-,17?,22-/m1/s1. The smallest absolute Gasteiger partial charge is 0.407 e. The molecule has 0 heterocycles. The first-order valence-corrected chi connectivity index (χ1v) is 11.3. The Morgan fingerprint density at radius 1 is 1.00 bits per heavy atom. The highest BCUT2D eigenvalue weighted by molar-refractivity contribution is 5.94. The van der Waals surface area contributed by atoms with Gasteiger partial charge in [-0.2, -0.15) is 0 Å². The average Bonchev–Trinajstić information content (AvgIpc) is 3.35. The molecule has 1 unspecified atom stereocenters. The van der Waals surface area contributed by atoms with Crippen molar-refractivity contribution in [1.29, 1.82) is 0 Å². The predicted molar refractivity (Wildman–Crippen MR) is 122 cm³/mol. The number of benzene rings is 2. The second-order valence-electron chi connectivity index (χ2n) is 8.99. The van der Waals surface area contributed by atoms with E-state index in [4.69, 9.17) is 9.84 Å². The van der Waals surface area contributed by atoms with Crippen LogP contribution in [-0.2, 0) is 14.3 Å². The van der Waals surface area contributed by atoms with Gasteiger partial charge >= 0.3 is 12.1 Å². The quantitative estimate of drug-likeness (QED) is 0.604. The zero-order chi connectivity index (χ0) is 22.9. The number of carbonyl (C=O) groups excluding carboxylic acids is 2.